The maximum Gasteiger partial charge on any atom is 0.205 e. The lowest BCUT2D eigenvalue weighted by Gasteiger charge is -2.01. The van der Waals surface area contributed by atoms with Gasteiger partial charge in [-0.25, -0.2) is 0 Å². The van der Waals surface area contributed by atoms with Crippen molar-refractivity contribution in [2.24, 2.45) is 0 Å². The number of hydrogen-bond acceptors (Lipinski definition) is 4. The molecule has 0 spiro atoms. The van der Waals surface area contributed by atoms with E-state index in [-0.39, 0.29) is 5.43 Å². The molecule has 0 saturated carbocycles. The molecule has 0 bridgehead atoms. The second-order valence-electron chi connectivity index (χ2n) is 2.81. The van der Waals surface area contributed by atoms with Crippen molar-refractivity contribution in [2.45, 2.75) is 4.90 Å². The van der Waals surface area contributed by atoms with Gasteiger partial charge < -0.3 is 9.15 Å². The molecule has 0 radical (unpaired) electrons. The zero-order valence-electron chi connectivity index (χ0n) is 7.48. The van der Waals surface area contributed by atoms with Gasteiger partial charge in [0.25, 0.3) is 0 Å². The number of thiol groups is 1. The summed E-state index contributed by atoms with van der Waals surface area (Å²) in [6.45, 7) is 0. The summed E-state index contributed by atoms with van der Waals surface area (Å²) in [5.74, 6) is 0.660. The normalized spacial score (nSPS) is 10.4. The Morgan fingerprint density at radius 3 is 2.93 bits per heavy atom. The average Bonchev–Trinajstić information content (AvgIpc) is 2.23. The van der Waals surface area contributed by atoms with E-state index in [1.54, 1.807) is 25.3 Å². The van der Waals surface area contributed by atoms with Gasteiger partial charge in [0, 0.05) is 6.07 Å². The highest BCUT2D eigenvalue weighted by atomic mass is 32.1. The molecule has 0 aliphatic heterocycles. The molecule has 2 aromatic rings. The number of ether oxygens (including phenoxy) is 1. The van der Waals surface area contributed by atoms with Crippen molar-refractivity contribution >= 4 is 23.6 Å². The molecule has 0 fully saturated rings. The van der Waals surface area contributed by atoms with Crippen LogP contribution >= 0.6 is 12.6 Å². The van der Waals surface area contributed by atoms with Gasteiger partial charge in [0.15, 0.2) is 0 Å². The zero-order chi connectivity index (χ0) is 10.1. The fourth-order valence-electron chi connectivity index (χ4n) is 1.23. The minimum Gasteiger partial charge on any atom is -0.497 e. The highest BCUT2D eigenvalue weighted by molar-refractivity contribution is 7.80. The third-order valence-electron chi connectivity index (χ3n) is 1.96. The second kappa shape index (κ2) is 3.38. The quantitative estimate of drug-likeness (QED) is 0.729. The summed E-state index contributed by atoms with van der Waals surface area (Å²) in [6.07, 6.45) is 1.33. The van der Waals surface area contributed by atoms with Gasteiger partial charge in [0.1, 0.15) is 17.6 Å². The van der Waals surface area contributed by atoms with E-state index in [2.05, 4.69) is 12.6 Å². The SMILES string of the molecule is COc1ccc2c(=O)c(S)coc2c1. The predicted octanol–water partition coefficient (Wildman–Crippen LogP) is 2.09. The Bertz CT molecular complexity index is 530. The molecule has 0 aliphatic carbocycles. The van der Waals surface area contributed by atoms with Gasteiger partial charge in [0.2, 0.25) is 5.43 Å². The lowest BCUT2D eigenvalue weighted by atomic mass is 10.2. The van der Waals surface area contributed by atoms with Gasteiger partial charge in [-0.05, 0) is 12.1 Å². The van der Waals surface area contributed by atoms with Crippen LogP contribution < -0.4 is 10.2 Å². The molecule has 0 atom stereocenters. The molecule has 0 unspecified atom stereocenters. The Hall–Kier alpha value is -1.42. The van der Waals surface area contributed by atoms with Crippen LogP contribution in [-0.2, 0) is 0 Å². The van der Waals surface area contributed by atoms with E-state index in [0.717, 1.165) is 0 Å². The maximum atomic E-state index is 11.6. The van der Waals surface area contributed by atoms with Gasteiger partial charge in [0.05, 0.1) is 17.4 Å². The summed E-state index contributed by atoms with van der Waals surface area (Å²) in [4.78, 5) is 11.9. The summed E-state index contributed by atoms with van der Waals surface area (Å²) in [6, 6.07) is 5.05. The molecule has 0 amide bonds. The summed E-state index contributed by atoms with van der Waals surface area (Å²) in [5.41, 5.74) is 0.379. The Morgan fingerprint density at radius 1 is 1.43 bits per heavy atom. The average molecular weight is 208 g/mol. The van der Waals surface area contributed by atoms with E-state index in [0.29, 0.717) is 21.6 Å². The topological polar surface area (TPSA) is 39.4 Å². The molecule has 2 rings (SSSR count). The third kappa shape index (κ3) is 1.37. The number of methoxy groups -OCH3 is 1. The van der Waals surface area contributed by atoms with E-state index < -0.39 is 0 Å². The van der Waals surface area contributed by atoms with Crippen LogP contribution in [0.3, 0.4) is 0 Å². The van der Waals surface area contributed by atoms with Crippen LogP contribution in [0.2, 0.25) is 0 Å². The van der Waals surface area contributed by atoms with Gasteiger partial charge in [-0.1, -0.05) is 0 Å². The standard InChI is InChI=1S/C10H8O3S/c1-12-6-2-3-7-8(4-6)13-5-9(14)10(7)11/h2-5,14H,1H3. The van der Waals surface area contributed by atoms with Crippen LogP contribution in [0.25, 0.3) is 11.0 Å². The van der Waals surface area contributed by atoms with Crippen LogP contribution in [-0.4, -0.2) is 7.11 Å². The smallest absolute Gasteiger partial charge is 0.205 e. The zero-order valence-corrected chi connectivity index (χ0v) is 8.38. The van der Waals surface area contributed by atoms with E-state index in [4.69, 9.17) is 9.15 Å². The first-order chi connectivity index (χ1) is 6.72. The van der Waals surface area contributed by atoms with E-state index in [9.17, 15) is 4.79 Å². The van der Waals surface area contributed by atoms with E-state index in [1.807, 2.05) is 0 Å². The van der Waals surface area contributed by atoms with Crippen molar-refractivity contribution in [3.05, 3.63) is 34.7 Å². The fourth-order valence-corrected chi connectivity index (χ4v) is 1.40. The molecule has 1 aromatic carbocycles. The van der Waals surface area contributed by atoms with Crippen molar-refractivity contribution in [2.75, 3.05) is 7.11 Å². The predicted molar refractivity (Wildman–Crippen MR) is 56.3 cm³/mol. The Kier molecular flexibility index (Phi) is 2.21. The highest BCUT2D eigenvalue weighted by Gasteiger charge is 2.04. The maximum absolute atomic E-state index is 11.6. The third-order valence-corrected chi connectivity index (χ3v) is 2.27. The molecule has 14 heavy (non-hydrogen) atoms. The summed E-state index contributed by atoms with van der Waals surface area (Å²) in [5, 5.41) is 0.512. The molecule has 3 nitrogen and oxygen atoms in total. The molecular formula is C10H8O3S. The van der Waals surface area contributed by atoms with Gasteiger partial charge in [-0.2, -0.15) is 0 Å². The lowest BCUT2D eigenvalue weighted by Crippen LogP contribution is -2.01. The summed E-state index contributed by atoms with van der Waals surface area (Å²) >= 11 is 3.99. The number of hydrogen-bond donors (Lipinski definition) is 1. The van der Waals surface area contributed by atoms with E-state index >= 15 is 0 Å². The van der Waals surface area contributed by atoms with Crippen molar-refractivity contribution in [3.8, 4) is 5.75 Å². The minimum atomic E-state index is -0.128. The van der Waals surface area contributed by atoms with Crippen LogP contribution in [0.15, 0.2) is 38.6 Å². The van der Waals surface area contributed by atoms with Crippen LogP contribution in [0, 0.1) is 0 Å². The summed E-state index contributed by atoms with van der Waals surface area (Å²) < 4.78 is 10.2. The lowest BCUT2D eigenvalue weighted by molar-refractivity contribution is 0.414. The van der Waals surface area contributed by atoms with Crippen LogP contribution in [0.1, 0.15) is 0 Å². The molecule has 0 N–H and O–H groups in total. The van der Waals surface area contributed by atoms with Crippen molar-refractivity contribution in [1.29, 1.82) is 0 Å². The van der Waals surface area contributed by atoms with Crippen molar-refractivity contribution < 1.29 is 9.15 Å². The van der Waals surface area contributed by atoms with Gasteiger partial charge in [-0.3, -0.25) is 4.79 Å². The fraction of sp³-hybridized carbons (Fsp3) is 0.100. The Balaban J connectivity index is 2.81. The highest BCUT2D eigenvalue weighted by Crippen LogP contribution is 2.19. The van der Waals surface area contributed by atoms with Crippen molar-refractivity contribution in [3.63, 3.8) is 0 Å². The number of rotatable bonds is 1. The second-order valence-corrected chi connectivity index (χ2v) is 3.29. The van der Waals surface area contributed by atoms with Gasteiger partial charge in [-0.15, -0.1) is 12.6 Å². The molecule has 1 heterocycles. The molecule has 4 heteroatoms. The molecule has 0 aliphatic rings. The Morgan fingerprint density at radius 2 is 2.21 bits per heavy atom. The van der Waals surface area contributed by atoms with Crippen molar-refractivity contribution in [1.82, 2.24) is 0 Å². The minimum absolute atomic E-state index is 0.128. The van der Waals surface area contributed by atoms with E-state index in [1.165, 1.54) is 6.26 Å². The molecule has 72 valence electrons. The monoisotopic (exact) mass is 208 g/mol. The first-order valence-electron chi connectivity index (χ1n) is 4.01. The Labute approximate surface area is 85.7 Å². The number of fused-ring (bicyclic) bond motifs is 1. The molecule has 0 saturated heterocycles. The summed E-state index contributed by atoms with van der Waals surface area (Å²) in [7, 11) is 1.56. The first-order valence-corrected chi connectivity index (χ1v) is 4.45. The van der Waals surface area contributed by atoms with Crippen LogP contribution in [0.5, 0.6) is 5.75 Å². The largest absolute Gasteiger partial charge is 0.497 e. The van der Waals surface area contributed by atoms with Gasteiger partial charge >= 0.3 is 0 Å². The first kappa shape index (κ1) is 9.15. The molecule has 1 aromatic heterocycles. The van der Waals surface area contributed by atoms with Crippen LogP contribution in [0.4, 0.5) is 0 Å². The molecular weight excluding hydrogens is 200 g/mol. The number of benzene rings is 1.